The number of aryl methyl sites for hydroxylation is 1. The second kappa shape index (κ2) is 11.9. The van der Waals surface area contributed by atoms with Gasteiger partial charge in [-0.1, -0.05) is 18.2 Å². The lowest BCUT2D eigenvalue weighted by atomic mass is 9.91. The van der Waals surface area contributed by atoms with Crippen LogP contribution < -0.4 is 4.74 Å². The minimum absolute atomic E-state index is 0.258. The Bertz CT molecular complexity index is 1800. The summed E-state index contributed by atoms with van der Waals surface area (Å²) in [7, 11) is 0. The molecule has 0 bridgehead atoms. The van der Waals surface area contributed by atoms with E-state index in [0.29, 0.717) is 46.9 Å². The van der Waals surface area contributed by atoms with E-state index in [2.05, 4.69) is 4.98 Å². The first-order chi connectivity index (χ1) is 20.4. The molecule has 5 aromatic rings. The molecule has 0 saturated carbocycles. The molecule has 1 aliphatic heterocycles. The van der Waals surface area contributed by atoms with Crippen LogP contribution in [0.1, 0.15) is 49.6 Å². The van der Waals surface area contributed by atoms with Gasteiger partial charge in [-0.2, -0.15) is 5.10 Å². The lowest BCUT2D eigenvalue weighted by Crippen LogP contribution is -2.14. The van der Waals surface area contributed by atoms with E-state index in [9.17, 15) is 9.90 Å². The van der Waals surface area contributed by atoms with Crippen LogP contribution in [0.4, 0.5) is 4.39 Å². The predicted molar refractivity (Wildman–Crippen MR) is 164 cm³/mol. The summed E-state index contributed by atoms with van der Waals surface area (Å²) in [5, 5.41) is 23.1. The number of ether oxygens (including phenoxy) is 1. The highest BCUT2D eigenvalue weighted by molar-refractivity contribution is 5.80. The smallest absolute Gasteiger partial charge is 0.307 e. The molecular weight excluding hydrogens is 547 g/mol. The zero-order valence-corrected chi connectivity index (χ0v) is 25.0. The van der Waals surface area contributed by atoms with Crippen molar-refractivity contribution in [1.82, 2.24) is 19.6 Å². The number of rotatable bonds is 5. The lowest BCUT2D eigenvalue weighted by Gasteiger charge is -2.23. The molecule has 6 rings (SSSR count). The number of aliphatic carboxylic acids is 1. The minimum atomic E-state index is -0.993. The van der Waals surface area contributed by atoms with Gasteiger partial charge in [0.05, 0.1) is 30.0 Å². The van der Waals surface area contributed by atoms with E-state index >= 15 is 4.39 Å². The van der Waals surface area contributed by atoms with E-state index in [1.807, 2.05) is 49.4 Å². The van der Waals surface area contributed by atoms with E-state index in [1.54, 1.807) is 44.6 Å². The number of hydrogen-bond donors (Lipinski definition) is 2. The summed E-state index contributed by atoms with van der Waals surface area (Å²) in [4.78, 5) is 20.7. The van der Waals surface area contributed by atoms with Gasteiger partial charge in [0.25, 0.3) is 0 Å². The Morgan fingerprint density at radius 3 is 2.44 bits per heavy atom. The predicted octanol–water partition coefficient (Wildman–Crippen LogP) is 6.61. The largest absolute Gasteiger partial charge is 0.490 e. The van der Waals surface area contributed by atoms with Gasteiger partial charge in [-0.25, -0.2) is 13.9 Å². The highest BCUT2D eigenvalue weighted by Crippen LogP contribution is 2.39. The molecule has 43 heavy (non-hydrogen) atoms. The number of carboxylic acids is 1. The third-order valence-electron chi connectivity index (χ3n) is 7.10. The number of pyridine rings is 1. The number of nitrogens with zero attached hydrogens (tertiary/aromatic N) is 4. The average Bonchev–Trinajstić information content (AvgIpc) is 3.39. The Hall–Kier alpha value is -4.63. The topological polar surface area (TPSA) is 110 Å². The van der Waals surface area contributed by atoms with Gasteiger partial charge in [0.2, 0.25) is 0 Å². The van der Waals surface area contributed by atoms with E-state index in [1.165, 1.54) is 6.07 Å². The van der Waals surface area contributed by atoms with Gasteiger partial charge in [-0.15, -0.1) is 0 Å². The minimum Gasteiger partial charge on any atom is -0.490 e. The maximum atomic E-state index is 15.3. The fourth-order valence-electron chi connectivity index (χ4n) is 5.24. The third-order valence-corrected chi connectivity index (χ3v) is 7.10. The van der Waals surface area contributed by atoms with Crippen LogP contribution in [0.3, 0.4) is 0 Å². The van der Waals surface area contributed by atoms with Gasteiger partial charge in [-0.3, -0.25) is 9.78 Å². The molecule has 0 radical (unpaired) electrons. The number of aromatic nitrogens is 4. The zero-order valence-electron chi connectivity index (χ0n) is 25.0. The molecule has 0 unspecified atom stereocenters. The maximum absolute atomic E-state index is 15.3. The highest BCUT2D eigenvalue weighted by atomic mass is 19.1. The molecule has 222 valence electrons. The number of carboxylic acid groups (broad SMARTS) is 1. The van der Waals surface area contributed by atoms with Gasteiger partial charge in [-0.05, 0) is 88.4 Å². The average molecular weight is 583 g/mol. The molecule has 2 aromatic carbocycles. The molecule has 0 amide bonds. The molecule has 0 aliphatic carbocycles. The quantitative estimate of drug-likeness (QED) is 0.240. The summed E-state index contributed by atoms with van der Waals surface area (Å²) < 4.78 is 22.6. The van der Waals surface area contributed by atoms with Crippen molar-refractivity contribution >= 4 is 11.6 Å². The van der Waals surface area contributed by atoms with Gasteiger partial charge in [0, 0.05) is 46.4 Å². The van der Waals surface area contributed by atoms with Gasteiger partial charge in [0.15, 0.2) is 17.2 Å². The lowest BCUT2D eigenvalue weighted by molar-refractivity contribution is -0.136. The fraction of sp³-hybridized carbons (Fsp3) is 0.294. The Morgan fingerprint density at radius 2 is 1.74 bits per heavy atom. The molecular formula is C34H35FN4O4. The van der Waals surface area contributed by atoms with Crippen LogP contribution in [0.2, 0.25) is 0 Å². The molecule has 1 aliphatic rings. The Morgan fingerprint density at radius 1 is 1.05 bits per heavy atom. The van der Waals surface area contributed by atoms with E-state index in [0.717, 1.165) is 34.2 Å². The van der Waals surface area contributed by atoms with Crippen LogP contribution in [0.15, 0.2) is 60.9 Å². The van der Waals surface area contributed by atoms with Crippen molar-refractivity contribution in [3.8, 4) is 39.4 Å². The number of fused-ring (bicyclic) bond motifs is 2. The molecule has 4 heterocycles. The van der Waals surface area contributed by atoms with Crippen molar-refractivity contribution in [2.24, 2.45) is 0 Å². The molecule has 2 N–H and O–H groups in total. The first-order valence-corrected chi connectivity index (χ1v) is 14.2. The first kappa shape index (κ1) is 29.8. The van der Waals surface area contributed by atoms with Crippen molar-refractivity contribution in [3.63, 3.8) is 0 Å². The molecule has 3 aromatic heterocycles. The standard InChI is InChI=1S/C30H25FN4O3.C4H10O/c1-17-22-7-4-12-38-30(22)25(31)14-23(17)29-24(15-28(36)37)18(2)33-27-16-26(34-35(27)29)21-6-3-5-20(13-21)19-8-10-32-11-9-19;1-4(2,3)5/h3,5-6,8-11,13-14,16H,4,7,12,15H2,1-2H3,(H,36,37);5H,1-3H3. The Labute approximate surface area is 249 Å². The summed E-state index contributed by atoms with van der Waals surface area (Å²) in [5.41, 5.74) is 7.56. The van der Waals surface area contributed by atoms with Crippen molar-refractivity contribution in [3.05, 3.63) is 89.1 Å². The fourth-order valence-corrected chi connectivity index (χ4v) is 5.24. The van der Waals surface area contributed by atoms with Crippen LogP contribution >= 0.6 is 0 Å². The number of hydrogen-bond acceptors (Lipinski definition) is 6. The van der Waals surface area contributed by atoms with Crippen molar-refractivity contribution in [2.75, 3.05) is 6.61 Å². The molecule has 8 nitrogen and oxygen atoms in total. The van der Waals surface area contributed by atoms with Crippen LogP contribution in [-0.2, 0) is 17.6 Å². The summed E-state index contributed by atoms with van der Waals surface area (Å²) >= 11 is 0. The Balaban J connectivity index is 0.000000682. The maximum Gasteiger partial charge on any atom is 0.307 e. The number of aliphatic hydroxyl groups is 1. The van der Waals surface area contributed by atoms with E-state index in [-0.39, 0.29) is 12.2 Å². The molecule has 0 fully saturated rings. The molecule has 0 spiro atoms. The van der Waals surface area contributed by atoms with Gasteiger partial charge < -0.3 is 14.9 Å². The van der Waals surface area contributed by atoms with E-state index < -0.39 is 17.4 Å². The third kappa shape index (κ3) is 6.57. The summed E-state index contributed by atoms with van der Waals surface area (Å²) in [5.74, 6) is -1.16. The second-order valence-corrected chi connectivity index (χ2v) is 11.7. The van der Waals surface area contributed by atoms with Crippen LogP contribution in [0, 0.1) is 19.7 Å². The molecule has 0 atom stereocenters. The number of carbonyl (C=O) groups is 1. The van der Waals surface area contributed by atoms with Crippen molar-refractivity contribution in [2.45, 2.75) is 59.5 Å². The summed E-state index contributed by atoms with van der Waals surface area (Å²) in [6.45, 7) is 9.42. The molecule has 0 saturated heterocycles. The van der Waals surface area contributed by atoms with Crippen molar-refractivity contribution in [1.29, 1.82) is 0 Å². The van der Waals surface area contributed by atoms with Crippen LogP contribution in [0.5, 0.6) is 5.75 Å². The zero-order chi connectivity index (χ0) is 30.9. The monoisotopic (exact) mass is 582 g/mol. The highest BCUT2D eigenvalue weighted by Gasteiger charge is 2.26. The van der Waals surface area contributed by atoms with Gasteiger partial charge >= 0.3 is 5.97 Å². The van der Waals surface area contributed by atoms with Crippen molar-refractivity contribution < 1.29 is 24.1 Å². The van der Waals surface area contributed by atoms with Crippen LogP contribution in [0.25, 0.3) is 39.3 Å². The summed E-state index contributed by atoms with van der Waals surface area (Å²) in [6, 6.07) is 15.2. The number of halogens is 1. The van der Waals surface area contributed by atoms with Crippen LogP contribution in [-0.4, -0.2) is 48.0 Å². The SMILES string of the molecule is CC(C)(C)O.Cc1nc2cc(-c3cccc(-c4ccncc4)c3)nn2c(-c2cc(F)c3c(c2C)CCCO3)c1CC(=O)O. The normalized spacial score (nSPS) is 12.7. The first-order valence-electron chi connectivity index (χ1n) is 14.2. The van der Waals surface area contributed by atoms with E-state index in [4.69, 9.17) is 19.9 Å². The Kier molecular flexibility index (Phi) is 8.28. The van der Waals surface area contributed by atoms with Gasteiger partial charge in [0.1, 0.15) is 0 Å². The summed E-state index contributed by atoms with van der Waals surface area (Å²) in [6.07, 6.45) is 4.73. The molecule has 9 heteroatoms. The second-order valence-electron chi connectivity index (χ2n) is 11.7. The number of benzene rings is 2.